The van der Waals surface area contributed by atoms with Crippen molar-refractivity contribution < 1.29 is 9.90 Å². The summed E-state index contributed by atoms with van der Waals surface area (Å²) in [5.74, 6) is 0. The molecule has 1 rings (SSSR count). The lowest BCUT2D eigenvalue weighted by Crippen LogP contribution is -2.45. The Labute approximate surface area is 86.1 Å². The number of hydrogen-bond acceptors (Lipinski definition) is 3. The van der Waals surface area contributed by atoms with Crippen molar-refractivity contribution >= 4 is 6.29 Å². The molecule has 0 aliphatic carbocycles. The highest BCUT2D eigenvalue weighted by Gasteiger charge is 2.37. The standard InChI is InChI=1S/C11H21NO2/c1-8(11(2,3)4)12-6-10(14)5-9(12)7-13/h7-10,14H,5-6H2,1-4H3/t8?,9-,10+/m0/s1. The summed E-state index contributed by atoms with van der Waals surface area (Å²) in [6.45, 7) is 9.22. The van der Waals surface area contributed by atoms with Crippen LogP contribution in [0.2, 0.25) is 0 Å². The third-order valence-electron chi connectivity index (χ3n) is 3.27. The van der Waals surface area contributed by atoms with E-state index >= 15 is 0 Å². The maximum absolute atomic E-state index is 10.8. The van der Waals surface area contributed by atoms with Gasteiger partial charge in [0.25, 0.3) is 0 Å². The van der Waals surface area contributed by atoms with E-state index in [0.717, 1.165) is 6.29 Å². The quantitative estimate of drug-likeness (QED) is 0.676. The molecule has 0 aromatic rings. The lowest BCUT2D eigenvalue weighted by molar-refractivity contribution is -0.112. The summed E-state index contributed by atoms with van der Waals surface area (Å²) >= 11 is 0. The second-order valence-corrected chi connectivity index (χ2v) is 5.33. The van der Waals surface area contributed by atoms with E-state index < -0.39 is 0 Å². The van der Waals surface area contributed by atoms with E-state index in [9.17, 15) is 9.90 Å². The van der Waals surface area contributed by atoms with Crippen molar-refractivity contribution in [3.05, 3.63) is 0 Å². The van der Waals surface area contributed by atoms with Crippen LogP contribution in [0, 0.1) is 5.41 Å². The second kappa shape index (κ2) is 3.99. The molecule has 0 saturated carbocycles. The Kier molecular flexibility index (Phi) is 3.32. The number of aliphatic hydroxyl groups is 1. The largest absolute Gasteiger partial charge is 0.392 e. The molecule has 0 spiro atoms. The zero-order valence-corrected chi connectivity index (χ0v) is 9.53. The zero-order valence-electron chi connectivity index (χ0n) is 9.53. The number of carbonyl (C=O) groups excluding carboxylic acids is 1. The van der Waals surface area contributed by atoms with Gasteiger partial charge in [-0.25, -0.2) is 0 Å². The van der Waals surface area contributed by atoms with Crippen LogP contribution in [-0.4, -0.2) is 41.0 Å². The van der Waals surface area contributed by atoms with Crippen LogP contribution < -0.4 is 0 Å². The molecule has 0 aromatic heterocycles. The highest BCUT2D eigenvalue weighted by Crippen LogP contribution is 2.29. The molecule has 0 amide bonds. The molecule has 1 heterocycles. The number of likely N-dealkylation sites (tertiary alicyclic amines) is 1. The number of aldehydes is 1. The number of aliphatic hydroxyl groups excluding tert-OH is 1. The van der Waals surface area contributed by atoms with E-state index in [0.29, 0.717) is 19.0 Å². The zero-order chi connectivity index (χ0) is 10.9. The van der Waals surface area contributed by atoms with Gasteiger partial charge in [0.05, 0.1) is 12.1 Å². The summed E-state index contributed by atoms with van der Waals surface area (Å²) in [7, 11) is 0. The van der Waals surface area contributed by atoms with Gasteiger partial charge in [-0.1, -0.05) is 20.8 Å². The van der Waals surface area contributed by atoms with Crippen molar-refractivity contribution in [1.29, 1.82) is 0 Å². The van der Waals surface area contributed by atoms with Crippen LogP contribution in [0.4, 0.5) is 0 Å². The Hall–Kier alpha value is -0.410. The number of carbonyl (C=O) groups is 1. The predicted molar refractivity (Wildman–Crippen MR) is 56.1 cm³/mol. The molecule has 3 atom stereocenters. The maximum atomic E-state index is 10.8. The highest BCUT2D eigenvalue weighted by molar-refractivity contribution is 5.58. The lowest BCUT2D eigenvalue weighted by atomic mass is 9.86. The molecule has 0 radical (unpaired) electrons. The average Bonchev–Trinajstić information content (AvgIpc) is 2.43. The van der Waals surface area contributed by atoms with Crippen molar-refractivity contribution in [2.45, 2.75) is 52.3 Å². The van der Waals surface area contributed by atoms with Gasteiger partial charge in [0.15, 0.2) is 0 Å². The minimum absolute atomic E-state index is 0.0979. The number of nitrogens with zero attached hydrogens (tertiary/aromatic N) is 1. The monoisotopic (exact) mass is 199 g/mol. The van der Waals surface area contributed by atoms with Crippen LogP contribution in [0.3, 0.4) is 0 Å². The summed E-state index contributed by atoms with van der Waals surface area (Å²) in [4.78, 5) is 13.0. The van der Waals surface area contributed by atoms with E-state index in [1.807, 2.05) is 0 Å². The average molecular weight is 199 g/mol. The van der Waals surface area contributed by atoms with Crippen LogP contribution in [0.25, 0.3) is 0 Å². The summed E-state index contributed by atoms with van der Waals surface area (Å²) in [5.41, 5.74) is 0.144. The predicted octanol–water partition coefficient (Wildman–Crippen LogP) is 1.06. The van der Waals surface area contributed by atoms with Crippen molar-refractivity contribution in [3.63, 3.8) is 0 Å². The number of rotatable bonds is 2. The first-order valence-corrected chi connectivity index (χ1v) is 5.25. The molecule has 1 unspecified atom stereocenters. The van der Waals surface area contributed by atoms with E-state index in [4.69, 9.17) is 0 Å². The summed E-state index contributed by atoms with van der Waals surface area (Å²) in [5, 5.41) is 9.52. The molecular formula is C11H21NO2. The van der Waals surface area contributed by atoms with Crippen molar-refractivity contribution in [1.82, 2.24) is 4.90 Å². The molecule has 1 fully saturated rings. The maximum Gasteiger partial charge on any atom is 0.137 e. The molecule has 82 valence electrons. The van der Waals surface area contributed by atoms with Crippen molar-refractivity contribution in [2.24, 2.45) is 5.41 Å². The minimum Gasteiger partial charge on any atom is -0.392 e. The normalized spacial score (nSPS) is 31.8. The molecule has 0 aromatic carbocycles. The van der Waals surface area contributed by atoms with Crippen LogP contribution in [0.1, 0.15) is 34.1 Å². The van der Waals surface area contributed by atoms with Crippen LogP contribution in [0.5, 0.6) is 0 Å². The van der Waals surface area contributed by atoms with Gasteiger partial charge < -0.3 is 9.90 Å². The molecule has 1 saturated heterocycles. The molecular weight excluding hydrogens is 178 g/mol. The van der Waals surface area contributed by atoms with Gasteiger partial charge in [-0.3, -0.25) is 4.90 Å². The summed E-state index contributed by atoms with van der Waals surface area (Å²) in [6.07, 6.45) is 1.21. The van der Waals surface area contributed by atoms with Gasteiger partial charge in [0.2, 0.25) is 0 Å². The van der Waals surface area contributed by atoms with Gasteiger partial charge in [0.1, 0.15) is 6.29 Å². The third-order valence-corrected chi connectivity index (χ3v) is 3.27. The van der Waals surface area contributed by atoms with E-state index in [1.165, 1.54) is 0 Å². The van der Waals surface area contributed by atoms with Gasteiger partial charge in [-0.15, -0.1) is 0 Å². The fraction of sp³-hybridized carbons (Fsp3) is 0.909. The first-order valence-electron chi connectivity index (χ1n) is 5.25. The minimum atomic E-state index is -0.338. The molecule has 1 aliphatic heterocycles. The lowest BCUT2D eigenvalue weighted by Gasteiger charge is -2.37. The fourth-order valence-electron chi connectivity index (χ4n) is 1.94. The van der Waals surface area contributed by atoms with Crippen molar-refractivity contribution in [2.75, 3.05) is 6.54 Å². The van der Waals surface area contributed by atoms with Gasteiger partial charge >= 0.3 is 0 Å². The summed E-state index contributed by atoms with van der Waals surface area (Å²) < 4.78 is 0. The molecule has 0 bridgehead atoms. The summed E-state index contributed by atoms with van der Waals surface area (Å²) in [6, 6.07) is 0.217. The van der Waals surface area contributed by atoms with Gasteiger partial charge in [-0.2, -0.15) is 0 Å². The molecule has 14 heavy (non-hydrogen) atoms. The molecule has 1 aliphatic rings. The first-order chi connectivity index (χ1) is 6.36. The fourth-order valence-corrected chi connectivity index (χ4v) is 1.94. The Bertz CT molecular complexity index is 210. The smallest absolute Gasteiger partial charge is 0.137 e. The molecule has 3 nitrogen and oxygen atoms in total. The van der Waals surface area contributed by atoms with E-state index in [-0.39, 0.29) is 17.6 Å². The van der Waals surface area contributed by atoms with Crippen LogP contribution in [-0.2, 0) is 4.79 Å². The molecule has 1 N–H and O–H groups in total. The number of hydrogen-bond donors (Lipinski definition) is 1. The Morgan fingerprint density at radius 1 is 1.50 bits per heavy atom. The van der Waals surface area contributed by atoms with Gasteiger partial charge in [0, 0.05) is 12.6 Å². The Morgan fingerprint density at radius 3 is 2.50 bits per heavy atom. The second-order valence-electron chi connectivity index (χ2n) is 5.33. The first kappa shape index (κ1) is 11.7. The number of β-amino-alcohol motifs (C(OH)–C–C–N with tert-alkyl or cyclic N) is 1. The molecule has 3 heteroatoms. The highest BCUT2D eigenvalue weighted by atomic mass is 16.3. The van der Waals surface area contributed by atoms with Crippen LogP contribution in [0.15, 0.2) is 0 Å². The van der Waals surface area contributed by atoms with E-state index in [2.05, 4.69) is 32.6 Å². The Balaban J connectivity index is 2.72. The Morgan fingerprint density at radius 2 is 2.07 bits per heavy atom. The van der Waals surface area contributed by atoms with E-state index in [1.54, 1.807) is 0 Å². The van der Waals surface area contributed by atoms with Gasteiger partial charge in [-0.05, 0) is 18.8 Å². The van der Waals surface area contributed by atoms with Crippen molar-refractivity contribution in [3.8, 4) is 0 Å². The topological polar surface area (TPSA) is 40.5 Å². The third kappa shape index (κ3) is 2.34. The van der Waals surface area contributed by atoms with Crippen LogP contribution >= 0.6 is 0 Å². The SMILES string of the molecule is CC(N1C[C@H](O)C[C@H]1C=O)C(C)(C)C.